The molecule has 0 N–H and O–H groups in total. The Kier molecular flexibility index (Phi) is 6.83. The second-order valence-electron chi connectivity index (χ2n) is 8.29. The molecule has 1 atom stereocenters. The van der Waals surface area contributed by atoms with E-state index in [0.29, 0.717) is 30.6 Å². The van der Waals surface area contributed by atoms with Gasteiger partial charge in [-0.05, 0) is 86.8 Å². The molecule has 3 heteroatoms. The Morgan fingerprint density at radius 2 is 1.58 bits per heavy atom. The molecule has 0 heterocycles. The molecular weight excluding hydrogens is 333 g/mol. The molecule has 0 aliphatic heterocycles. The van der Waals surface area contributed by atoms with Crippen molar-refractivity contribution >= 4 is 0 Å². The van der Waals surface area contributed by atoms with E-state index in [0.717, 1.165) is 50.5 Å². The predicted molar refractivity (Wildman–Crippen MR) is 101 cm³/mol. The number of rotatable bonds is 6. The zero-order chi connectivity index (χ0) is 18.5. The van der Waals surface area contributed by atoms with Crippen molar-refractivity contribution in [1.29, 1.82) is 0 Å². The molecule has 1 aromatic rings. The smallest absolute Gasteiger partial charge is 0.129 e. The van der Waals surface area contributed by atoms with Crippen LogP contribution in [0.3, 0.4) is 0 Å². The van der Waals surface area contributed by atoms with Gasteiger partial charge in [-0.15, -0.1) is 0 Å². The van der Waals surface area contributed by atoms with E-state index in [1.807, 2.05) is 6.92 Å². The first-order valence-corrected chi connectivity index (χ1v) is 10.4. The lowest BCUT2D eigenvalue weighted by Gasteiger charge is -2.35. The lowest BCUT2D eigenvalue weighted by Crippen LogP contribution is -2.23. The monoisotopic (exact) mass is 364 g/mol. The van der Waals surface area contributed by atoms with Crippen molar-refractivity contribution in [2.24, 2.45) is 17.8 Å². The number of allylic oxidation sites excluding steroid dienone is 2. The van der Waals surface area contributed by atoms with E-state index in [-0.39, 0.29) is 23.0 Å². The molecule has 1 aromatic carbocycles. The molecule has 0 bridgehead atoms. The fourth-order valence-electron chi connectivity index (χ4n) is 4.87. The van der Waals surface area contributed by atoms with Crippen molar-refractivity contribution in [3.63, 3.8) is 0 Å². The van der Waals surface area contributed by atoms with Gasteiger partial charge in [-0.3, -0.25) is 0 Å². The van der Waals surface area contributed by atoms with Gasteiger partial charge in [0.15, 0.2) is 0 Å². The first-order chi connectivity index (χ1) is 12.6. The average Bonchev–Trinajstić information content (AvgIpc) is 2.62. The molecule has 144 valence electrons. The van der Waals surface area contributed by atoms with E-state index < -0.39 is 0 Å². The van der Waals surface area contributed by atoms with Gasteiger partial charge in [0.25, 0.3) is 0 Å². The molecule has 26 heavy (non-hydrogen) atoms. The van der Waals surface area contributed by atoms with Crippen LogP contribution in [0, 0.1) is 29.4 Å². The minimum Gasteiger partial charge on any atom is -0.212 e. The SMILES string of the molecule is CCCc1cc(F)c(CCC2CCC(C3CC=C(F)CC3)CC2)c(F)c1. The standard InChI is InChI=1S/C23H31F3/c1-2-3-17-14-22(25)21(23(26)15-17)13-6-16-4-7-18(8-5-16)19-9-11-20(24)12-10-19/h11,14-16,18-19H,2-10,12-13H2,1H3. The summed E-state index contributed by atoms with van der Waals surface area (Å²) in [7, 11) is 0. The van der Waals surface area contributed by atoms with E-state index in [1.165, 1.54) is 25.0 Å². The molecule has 1 fully saturated rings. The molecule has 1 unspecified atom stereocenters. The minimum absolute atomic E-state index is 0.0592. The van der Waals surface area contributed by atoms with Crippen LogP contribution in [-0.2, 0) is 12.8 Å². The number of benzene rings is 1. The minimum atomic E-state index is -0.377. The summed E-state index contributed by atoms with van der Waals surface area (Å²) in [6.07, 6.45) is 11.9. The highest BCUT2D eigenvalue weighted by atomic mass is 19.1. The third-order valence-electron chi connectivity index (χ3n) is 6.50. The third-order valence-corrected chi connectivity index (χ3v) is 6.50. The van der Waals surface area contributed by atoms with Crippen molar-refractivity contribution in [1.82, 2.24) is 0 Å². The number of aryl methyl sites for hydroxylation is 1. The topological polar surface area (TPSA) is 0 Å². The Labute approximate surface area is 155 Å². The first kappa shape index (κ1) is 19.5. The summed E-state index contributed by atoms with van der Waals surface area (Å²) in [6.45, 7) is 2.01. The highest BCUT2D eigenvalue weighted by Gasteiger charge is 2.28. The van der Waals surface area contributed by atoms with E-state index in [2.05, 4.69) is 0 Å². The summed E-state index contributed by atoms with van der Waals surface area (Å²) in [6, 6.07) is 3.02. The van der Waals surface area contributed by atoms with Gasteiger partial charge in [0.05, 0.1) is 5.83 Å². The van der Waals surface area contributed by atoms with Crippen LogP contribution in [0.1, 0.15) is 75.8 Å². The van der Waals surface area contributed by atoms with E-state index in [1.54, 1.807) is 6.08 Å². The molecule has 1 saturated carbocycles. The van der Waals surface area contributed by atoms with Crippen molar-refractivity contribution in [3.05, 3.63) is 46.8 Å². The Bertz CT molecular complexity index is 603. The van der Waals surface area contributed by atoms with Crippen LogP contribution in [0.15, 0.2) is 24.0 Å². The second kappa shape index (κ2) is 9.10. The Morgan fingerprint density at radius 3 is 2.15 bits per heavy atom. The molecule has 0 radical (unpaired) electrons. The molecule has 2 aliphatic rings. The molecule has 0 saturated heterocycles. The van der Waals surface area contributed by atoms with Crippen molar-refractivity contribution in [3.8, 4) is 0 Å². The van der Waals surface area contributed by atoms with Crippen LogP contribution in [0.25, 0.3) is 0 Å². The Balaban J connectivity index is 1.48. The quantitative estimate of drug-likeness (QED) is 0.496. The van der Waals surface area contributed by atoms with E-state index in [9.17, 15) is 13.2 Å². The molecule has 0 aromatic heterocycles. The van der Waals surface area contributed by atoms with Gasteiger partial charge < -0.3 is 0 Å². The molecule has 3 rings (SSSR count). The second-order valence-corrected chi connectivity index (χ2v) is 8.29. The predicted octanol–water partition coefficient (Wildman–Crippen LogP) is 7.31. The summed E-state index contributed by atoms with van der Waals surface area (Å²) < 4.78 is 41.7. The number of halogens is 3. The van der Waals surface area contributed by atoms with Gasteiger partial charge in [-0.25, -0.2) is 13.2 Å². The zero-order valence-corrected chi connectivity index (χ0v) is 15.9. The highest BCUT2D eigenvalue weighted by Crippen LogP contribution is 2.40. The van der Waals surface area contributed by atoms with E-state index in [4.69, 9.17) is 0 Å². The van der Waals surface area contributed by atoms with Gasteiger partial charge in [0.1, 0.15) is 11.6 Å². The van der Waals surface area contributed by atoms with Gasteiger partial charge in [-0.1, -0.05) is 32.3 Å². The third kappa shape index (κ3) is 4.92. The zero-order valence-electron chi connectivity index (χ0n) is 15.9. The summed E-state index contributed by atoms with van der Waals surface area (Å²) in [5.74, 6) is 1.21. The van der Waals surface area contributed by atoms with Crippen molar-refractivity contribution < 1.29 is 13.2 Å². The molecule has 0 amide bonds. The molecule has 0 spiro atoms. The lowest BCUT2D eigenvalue weighted by molar-refractivity contribution is 0.184. The summed E-state index contributed by atoms with van der Waals surface area (Å²) in [5.41, 5.74) is 1.02. The molecule has 2 aliphatic carbocycles. The van der Waals surface area contributed by atoms with Gasteiger partial charge >= 0.3 is 0 Å². The summed E-state index contributed by atoms with van der Waals surface area (Å²) in [4.78, 5) is 0. The van der Waals surface area contributed by atoms with Crippen LogP contribution in [0.2, 0.25) is 0 Å². The fourth-order valence-corrected chi connectivity index (χ4v) is 4.87. The maximum absolute atomic E-state index is 14.2. The Hall–Kier alpha value is -1.25. The maximum Gasteiger partial charge on any atom is 0.129 e. The van der Waals surface area contributed by atoms with Crippen LogP contribution in [0.5, 0.6) is 0 Å². The first-order valence-electron chi connectivity index (χ1n) is 10.4. The van der Waals surface area contributed by atoms with Crippen molar-refractivity contribution in [2.75, 3.05) is 0 Å². The van der Waals surface area contributed by atoms with Crippen LogP contribution < -0.4 is 0 Å². The number of hydrogen-bond acceptors (Lipinski definition) is 0. The summed E-state index contributed by atoms with van der Waals surface area (Å²) >= 11 is 0. The van der Waals surface area contributed by atoms with Crippen molar-refractivity contribution in [2.45, 2.75) is 77.6 Å². The molecular formula is C23H31F3. The normalized spacial score (nSPS) is 26.6. The van der Waals surface area contributed by atoms with Gasteiger partial charge in [0.2, 0.25) is 0 Å². The molecule has 0 nitrogen and oxygen atoms in total. The van der Waals surface area contributed by atoms with Crippen LogP contribution in [-0.4, -0.2) is 0 Å². The van der Waals surface area contributed by atoms with Crippen LogP contribution in [0.4, 0.5) is 13.2 Å². The maximum atomic E-state index is 14.2. The number of hydrogen-bond donors (Lipinski definition) is 0. The highest BCUT2D eigenvalue weighted by molar-refractivity contribution is 5.26. The lowest BCUT2D eigenvalue weighted by atomic mass is 9.71. The van der Waals surface area contributed by atoms with Crippen LogP contribution >= 0.6 is 0 Å². The largest absolute Gasteiger partial charge is 0.212 e. The van der Waals surface area contributed by atoms with Gasteiger partial charge in [-0.2, -0.15) is 0 Å². The average molecular weight is 364 g/mol. The fraction of sp³-hybridized carbons (Fsp3) is 0.652. The van der Waals surface area contributed by atoms with Gasteiger partial charge in [0, 0.05) is 5.56 Å². The Morgan fingerprint density at radius 1 is 0.885 bits per heavy atom. The van der Waals surface area contributed by atoms with E-state index >= 15 is 0 Å². The summed E-state index contributed by atoms with van der Waals surface area (Å²) in [5, 5.41) is 0.